The fourth-order valence-electron chi connectivity index (χ4n) is 1.52. The molecule has 0 aromatic carbocycles. The van der Waals surface area contributed by atoms with Crippen LogP contribution in [0.15, 0.2) is 6.07 Å². The molecule has 0 radical (unpaired) electrons. The van der Waals surface area contributed by atoms with E-state index in [9.17, 15) is 0 Å². The van der Waals surface area contributed by atoms with Crippen molar-refractivity contribution in [2.45, 2.75) is 46.5 Å². The van der Waals surface area contributed by atoms with E-state index in [0.29, 0.717) is 24.2 Å². The first-order chi connectivity index (χ1) is 8.52. The Morgan fingerprint density at radius 3 is 2.56 bits per heavy atom. The van der Waals surface area contributed by atoms with E-state index < -0.39 is 0 Å². The van der Waals surface area contributed by atoms with Crippen LogP contribution in [0.3, 0.4) is 0 Å². The number of hydrogen-bond donors (Lipinski definition) is 2. The van der Waals surface area contributed by atoms with Gasteiger partial charge in [0.05, 0.1) is 6.61 Å². The number of hydrogen-bond acceptors (Lipinski definition) is 5. The molecule has 0 aliphatic carbocycles. The Labute approximate surface area is 109 Å². The SMILES string of the molecule is CC(C)CCCOc1cc(NN)nc(C(C)C)n1. The van der Waals surface area contributed by atoms with E-state index >= 15 is 0 Å². The molecule has 0 aliphatic heterocycles. The van der Waals surface area contributed by atoms with Crippen molar-refractivity contribution in [1.82, 2.24) is 9.97 Å². The lowest BCUT2D eigenvalue weighted by molar-refractivity contribution is 0.285. The molecule has 1 aromatic rings. The maximum Gasteiger partial charge on any atom is 0.218 e. The van der Waals surface area contributed by atoms with E-state index in [1.54, 1.807) is 6.07 Å². The first kappa shape index (κ1) is 14.7. The predicted molar refractivity (Wildman–Crippen MR) is 73.5 cm³/mol. The number of nitrogens with one attached hydrogen (secondary N) is 1. The van der Waals surface area contributed by atoms with E-state index in [4.69, 9.17) is 10.6 Å². The van der Waals surface area contributed by atoms with Gasteiger partial charge in [0.2, 0.25) is 5.88 Å². The molecule has 5 heteroatoms. The quantitative estimate of drug-likeness (QED) is 0.443. The number of aromatic nitrogens is 2. The van der Waals surface area contributed by atoms with Crippen molar-refractivity contribution in [2.75, 3.05) is 12.0 Å². The van der Waals surface area contributed by atoms with Crippen LogP contribution < -0.4 is 16.0 Å². The summed E-state index contributed by atoms with van der Waals surface area (Å²) in [7, 11) is 0. The summed E-state index contributed by atoms with van der Waals surface area (Å²) in [6.45, 7) is 9.17. The highest BCUT2D eigenvalue weighted by Crippen LogP contribution is 2.18. The van der Waals surface area contributed by atoms with Crippen molar-refractivity contribution < 1.29 is 4.74 Å². The maximum absolute atomic E-state index is 5.64. The molecule has 0 bridgehead atoms. The zero-order chi connectivity index (χ0) is 13.5. The molecule has 0 aliphatic rings. The van der Waals surface area contributed by atoms with Crippen LogP contribution in [-0.4, -0.2) is 16.6 Å². The van der Waals surface area contributed by atoms with E-state index in [1.165, 1.54) is 0 Å². The molecule has 0 unspecified atom stereocenters. The van der Waals surface area contributed by atoms with Crippen molar-refractivity contribution in [1.29, 1.82) is 0 Å². The highest BCUT2D eigenvalue weighted by Gasteiger charge is 2.08. The zero-order valence-electron chi connectivity index (χ0n) is 11.7. The lowest BCUT2D eigenvalue weighted by atomic mass is 10.1. The summed E-state index contributed by atoms with van der Waals surface area (Å²) in [5.74, 6) is 8.25. The third kappa shape index (κ3) is 4.87. The summed E-state index contributed by atoms with van der Waals surface area (Å²) in [6, 6.07) is 1.72. The first-order valence-electron chi connectivity index (χ1n) is 6.51. The van der Waals surface area contributed by atoms with Crippen LogP contribution in [0.1, 0.15) is 52.3 Å². The fraction of sp³-hybridized carbons (Fsp3) is 0.692. The molecule has 3 N–H and O–H groups in total. The molecule has 1 aromatic heterocycles. The summed E-state index contributed by atoms with van der Waals surface area (Å²) in [5, 5.41) is 0. The number of nitrogens with zero attached hydrogens (tertiary/aromatic N) is 2. The molecule has 0 saturated carbocycles. The summed E-state index contributed by atoms with van der Waals surface area (Å²) in [4.78, 5) is 8.65. The van der Waals surface area contributed by atoms with Gasteiger partial charge in [-0.15, -0.1) is 0 Å². The van der Waals surface area contributed by atoms with Gasteiger partial charge in [-0.2, -0.15) is 4.98 Å². The molecule has 1 rings (SSSR count). The summed E-state index contributed by atoms with van der Waals surface area (Å²) >= 11 is 0. The number of ether oxygens (including phenoxy) is 1. The Morgan fingerprint density at radius 1 is 1.28 bits per heavy atom. The average Bonchev–Trinajstić information content (AvgIpc) is 2.34. The number of anilines is 1. The zero-order valence-corrected chi connectivity index (χ0v) is 11.7. The second-order valence-corrected chi connectivity index (χ2v) is 5.13. The van der Waals surface area contributed by atoms with Crippen LogP contribution in [0.25, 0.3) is 0 Å². The largest absolute Gasteiger partial charge is 0.478 e. The van der Waals surface area contributed by atoms with Gasteiger partial charge in [0, 0.05) is 12.0 Å². The Balaban J connectivity index is 2.61. The monoisotopic (exact) mass is 252 g/mol. The topological polar surface area (TPSA) is 73.1 Å². The molecule has 18 heavy (non-hydrogen) atoms. The molecular formula is C13H24N4O. The minimum Gasteiger partial charge on any atom is -0.478 e. The molecule has 0 fully saturated rings. The molecule has 102 valence electrons. The number of nitrogens with two attached hydrogens (primary N) is 1. The lowest BCUT2D eigenvalue weighted by Crippen LogP contribution is -2.12. The van der Waals surface area contributed by atoms with Crippen molar-refractivity contribution in [3.05, 3.63) is 11.9 Å². The predicted octanol–water partition coefficient (Wildman–Crippen LogP) is 2.70. The first-order valence-corrected chi connectivity index (χ1v) is 6.51. The summed E-state index contributed by atoms with van der Waals surface area (Å²) in [6.07, 6.45) is 2.19. The van der Waals surface area contributed by atoms with Crippen molar-refractivity contribution in [3.63, 3.8) is 0 Å². The van der Waals surface area contributed by atoms with E-state index in [0.717, 1.165) is 18.7 Å². The molecule has 0 saturated heterocycles. The van der Waals surface area contributed by atoms with Crippen LogP contribution in [-0.2, 0) is 0 Å². The van der Waals surface area contributed by atoms with Gasteiger partial charge >= 0.3 is 0 Å². The third-order valence-electron chi connectivity index (χ3n) is 2.56. The second-order valence-electron chi connectivity index (χ2n) is 5.13. The van der Waals surface area contributed by atoms with Gasteiger partial charge < -0.3 is 10.2 Å². The van der Waals surface area contributed by atoms with Gasteiger partial charge in [-0.05, 0) is 18.8 Å². The van der Waals surface area contributed by atoms with Crippen molar-refractivity contribution in [2.24, 2.45) is 11.8 Å². The Bertz CT molecular complexity index is 366. The molecule has 5 nitrogen and oxygen atoms in total. The van der Waals surface area contributed by atoms with Crippen LogP contribution in [0.2, 0.25) is 0 Å². The van der Waals surface area contributed by atoms with Gasteiger partial charge in [0.25, 0.3) is 0 Å². The second kappa shape index (κ2) is 7.16. The molecule has 0 atom stereocenters. The normalized spacial score (nSPS) is 11.1. The highest BCUT2D eigenvalue weighted by molar-refractivity contribution is 5.37. The van der Waals surface area contributed by atoms with E-state index in [2.05, 4.69) is 29.2 Å². The van der Waals surface area contributed by atoms with Crippen LogP contribution in [0.5, 0.6) is 5.88 Å². The van der Waals surface area contributed by atoms with Gasteiger partial charge in [0.15, 0.2) is 0 Å². The van der Waals surface area contributed by atoms with E-state index in [-0.39, 0.29) is 5.92 Å². The standard InChI is InChI=1S/C13H24N4O/c1-9(2)6-5-7-18-12-8-11(17-14)15-13(16-12)10(3)4/h8-10H,5-7,14H2,1-4H3,(H,15,16,17). The highest BCUT2D eigenvalue weighted by atomic mass is 16.5. The lowest BCUT2D eigenvalue weighted by Gasteiger charge is -2.11. The number of nitrogen functional groups attached to an aromatic ring is 1. The number of rotatable bonds is 7. The van der Waals surface area contributed by atoms with Crippen molar-refractivity contribution >= 4 is 5.82 Å². The maximum atomic E-state index is 5.64. The molecule has 1 heterocycles. The van der Waals surface area contributed by atoms with Crippen molar-refractivity contribution in [3.8, 4) is 5.88 Å². The Hall–Kier alpha value is -1.36. The average molecular weight is 252 g/mol. The van der Waals surface area contributed by atoms with Crippen LogP contribution in [0.4, 0.5) is 5.82 Å². The summed E-state index contributed by atoms with van der Waals surface area (Å²) in [5.41, 5.74) is 2.54. The van der Waals surface area contributed by atoms with Crippen LogP contribution in [0, 0.1) is 5.92 Å². The molecular weight excluding hydrogens is 228 g/mol. The van der Waals surface area contributed by atoms with Gasteiger partial charge in [0.1, 0.15) is 11.6 Å². The molecule has 0 spiro atoms. The molecule has 0 amide bonds. The summed E-state index contributed by atoms with van der Waals surface area (Å²) < 4.78 is 5.64. The smallest absolute Gasteiger partial charge is 0.218 e. The minimum atomic E-state index is 0.247. The van der Waals surface area contributed by atoms with E-state index in [1.807, 2.05) is 13.8 Å². The fourth-order valence-corrected chi connectivity index (χ4v) is 1.52. The Kier molecular flexibility index (Phi) is 5.85. The van der Waals surface area contributed by atoms with Gasteiger partial charge in [-0.25, -0.2) is 10.8 Å². The van der Waals surface area contributed by atoms with Gasteiger partial charge in [-0.3, -0.25) is 0 Å². The van der Waals surface area contributed by atoms with Crippen LogP contribution >= 0.6 is 0 Å². The minimum absolute atomic E-state index is 0.247. The number of hydrazine groups is 1. The third-order valence-corrected chi connectivity index (χ3v) is 2.56. The Morgan fingerprint density at radius 2 is 2.00 bits per heavy atom. The van der Waals surface area contributed by atoms with Gasteiger partial charge in [-0.1, -0.05) is 27.7 Å².